The second-order valence-electron chi connectivity index (χ2n) is 5.26. The number of nitrogens with one attached hydrogen (secondary N) is 3. The summed E-state index contributed by atoms with van der Waals surface area (Å²) in [6.07, 6.45) is -4.66. The molecule has 26 heavy (non-hydrogen) atoms. The first-order chi connectivity index (χ1) is 12.3. The van der Waals surface area contributed by atoms with Gasteiger partial charge in [0.1, 0.15) is 0 Å². The summed E-state index contributed by atoms with van der Waals surface area (Å²) in [6, 6.07) is 9.42. The topological polar surface area (TPSA) is 114 Å². The molecule has 0 aliphatic rings. The van der Waals surface area contributed by atoms with Gasteiger partial charge in [-0.3, -0.25) is 10.0 Å². The summed E-state index contributed by atoms with van der Waals surface area (Å²) in [5.74, 6) is -0.587. The SMILES string of the molecule is N#Cc1cc2nc(Nc3cccc(C(=O)NO)c3)[nH]c2cc1C(F)(F)F. The average molecular weight is 361 g/mol. The van der Waals surface area contributed by atoms with Gasteiger partial charge in [0.15, 0.2) is 0 Å². The standard InChI is InChI=1S/C16H10F3N5O2/c17-16(18,19)11-6-13-12(5-9(11)7-20)22-15(23-13)21-10-3-1-2-8(4-10)14(25)24-26/h1-6,26H,(H,24,25)(H2,21,22,23). The van der Waals surface area contributed by atoms with Gasteiger partial charge in [-0.05, 0) is 30.3 Å². The third-order valence-corrected chi connectivity index (χ3v) is 3.54. The van der Waals surface area contributed by atoms with Crippen molar-refractivity contribution < 1.29 is 23.2 Å². The molecule has 0 unspecified atom stereocenters. The number of benzene rings is 2. The van der Waals surface area contributed by atoms with Gasteiger partial charge in [-0.15, -0.1) is 0 Å². The van der Waals surface area contributed by atoms with Crippen LogP contribution in [0, 0.1) is 11.3 Å². The van der Waals surface area contributed by atoms with Crippen molar-refractivity contribution in [3.8, 4) is 6.07 Å². The highest BCUT2D eigenvalue weighted by Gasteiger charge is 2.34. The summed E-state index contributed by atoms with van der Waals surface area (Å²) in [6.45, 7) is 0. The van der Waals surface area contributed by atoms with Crippen LogP contribution >= 0.6 is 0 Å². The summed E-state index contributed by atoms with van der Waals surface area (Å²) >= 11 is 0. The van der Waals surface area contributed by atoms with Crippen LogP contribution in [-0.2, 0) is 6.18 Å². The second-order valence-corrected chi connectivity index (χ2v) is 5.26. The summed E-state index contributed by atoms with van der Waals surface area (Å²) in [5.41, 5.74) is 0.791. The number of fused-ring (bicyclic) bond motifs is 1. The molecule has 10 heteroatoms. The normalized spacial score (nSPS) is 11.2. The maximum absolute atomic E-state index is 13.0. The average Bonchev–Trinajstić information content (AvgIpc) is 3.00. The van der Waals surface area contributed by atoms with Crippen molar-refractivity contribution in [1.82, 2.24) is 15.4 Å². The largest absolute Gasteiger partial charge is 0.417 e. The first kappa shape index (κ1) is 17.2. The number of imidazole rings is 1. The quantitative estimate of drug-likeness (QED) is 0.422. The number of anilines is 2. The van der Waals surface area contributed by atoms with Gasteiger partial charge in [0.05, 0.1) is 28.2 Å². The van der Waals surface area contributed by atoms with E-state index in [1.807, 2.05) is 0 Å². The Kier molecular flexibility index (Phi) is 4.23. The molecule has 0 spiro atoms. The molecule has 0 saturated carbocycles. The van der Waals surface area contributed by atoms with Gasteiger partial charge in [0.25, 0.3) is 5.91 Å². The van der Waals surface area contributed by atoms with Crippen LogP contribution in [0.25, 0.3) is 11.0 Å². The Morgan fingerprint density at radius 3 is 2.69 bits per heavy atom. The predicted molar refractivity (Wildman–Crippen MR) is 84.8 cm³/mol. The van der Waals surface area contributed by atoms with E-state index in [4.69, 9.17) is 10.5 Å². The summed E-state index contributed by atoms with van der Waals surface area (Å²) in [7, 11) is 0. The predicted octanol–water partition coefficient (Wildman–Crippen LogP) is 3.32. The Morgan fingerprint density at radius 2 is 2.04 bits per heavy atom. The molecular weight excluding hydrogens is 351 g/mol. The highest BCUT2D eigenvalue weighted by molar-refractivity contribution is 5.94. The second kappa shape index (κ2) is 6.38. The van der Waals surface area contributed by atoms with E-state index in [-0.39, 0.29) is 22.5 Å². The zero-order chi connectivity index (χ0) is 18.9. The van der Waals surface area contributed by atoms with Gasteiger partial charge >= 0.3 is 6.18 Å². The van der Waals surface area contributed by atoms with Gasteiger partial charge in [0, 0.05) is 11.3 Å². The third-order valence-electron chi connectivity index (χ3n) is 3.54. The molecule has 0 atom stereocenters. The Hall–Kier alpha value is -3.58. The van der Waals surface area contributed by atoms with Crippen molar-refractivity contribution in [1.29, 1.82) is 5.26 Å². The van der Waals surface area contributed by atoms with Crippen LogP contribution in [-0.4, -0.2) is 21.1 Å². The van der Waals surface area contributed by atoms with Crippen molar-refractivity contribution in [3.05, 3.63) is 53.1 Å². The lowest BCUT2D eigenvalue weighted by Gasteiger charge is -2.07. The van der Waals surface area contributed by atoms with Crippen molar-refractivity contribution in [2.45, 2.75) is 6.18 Å². The van der Waals surface area contributed by atoms with Crippen molar-refractivity contribution in [2.24, 2.45) is 0 Å². The fraction of sp³-hybridized carbons (Fsp3) is 0.0625. The number of hydrogen-bond donors (Lipinski definition) is 4. The molecule has 0 aliphatic carbocycles. The zero-order valence-corrected chi connectivity index (χ0v) is 12.8. The maximum Gasteiger partial charge on any atom is 0.417 e. The van der Waals surface area contributed by atoms with Crippen molar-refractivity contribution in [3.63, 3.8) is 0 Å². The molecular formula is C16H10F3N5O2. The van der Waals surface area contributed by atoms with E-state index in [1.165, 1.54) is 23.7 Å². The number of carbonyl (C=O) groups excluding carboxylic acids is 1. The minimum absolute atomic E-state index is 0.100. The van der Waals surface area contributed by atoms with Gasteiger partial charge in [-0.2, -0.15) is 18.4 Å². The fourth-order valence-corrected chi connectivity index (χ4v) is 2.38. The van der Waals surface area contributed by atoms with E-state index in [0.717, 1.165) is 12.1 Å². The Morgan fingerprint density at radius 1 is 1.27 bits per heavy atom. The number of H-pyrrole nitrogens is 1. The molecule has 1 amide bonds. The van der Waals surface area contributed by atoms with Crippen LogP contribution in [0.4, 0.5) is 24.8 Å². The monoisotopic (exact) mass is 361 g/mol. The molecule has 2 aromatic carbocycles. The summed E-state index contributed by atoms with van der Waals surface area (Å²) in [4.78, 5) is 18.2. The molecule has 3 rings (SSSR count). The summed E-state index contributed by atoms with van der Waals surface area (Å²) in [5, 5.41) is 20.4. The number of hydrogen-bond acceptors (Lipinski definition) is 5. The minimum atomic E-state index is -4.66. The lowest BCUT2D eigenvalue weighted by atomic mass is 10.1. The molecule has 0 bridgehead atoms. The number of rotatable bonds is 3. The van der Waals surface area contributed by atoms with Crippen LogP contribution in [0.2, 0.25) is 0 Å². The van der Waals surface area contributed by atoms with E-state index in [0.29, 0.717) is 5.69 Å². The first-order valence-corrected chi connectivity index (χ1v) is 7.14. The Labute approximate surface area is 144 Å². The van der Waals surface area contributed by atoms with E-state index >= 15 is 0 Å². The fourth-order valence-electron chi connectivity index (χ4n) is 2.38. The number of nitriles is 1. The molecule has 3 aromatic rings. The summed E-state index contributed by atoms with van der Waals surface area (Å²) < 4.78 is 39.0. The molecule has 4 N–H and O–H groups in total. The number of aromatic amines is 1. The Balaban J connectivity index is 1.98. The number of hydroxylamine groups is 1. The minimum Gasteiger partial charge on any atom is -0.326 e. The molecule has 1 heterocycles. The molecule has 0 radical (unpaired) electrons. The molecule has 0 fully saturated rings. The van der Waals surface area contributed by atoms with E-state index in [9.17, 15) is 18.0 Å². The van der Waals surface area contributed by atoms with Crippen LogP contribution in [0.3, 0.4) is 0 Å². The number of alkyl halides is 3. The number of halogens is 3. The number of nitrogens with zero attached hydrogens (tertiary/aromatic N) is 2. The first-order valence-electron chi connectivity index (χ1n) is 7.14. The lowest BCUT2D eigenvalue weighted by Crippen LogP contribution is -2.18. The molecule has 0 saturated heterocycles. The highest BCUT2D eigenvalue weighted by Crippen LogP contribution is 2.34. The van der Waals surface area contributed by atoms with Crippen LogP contribution in [0.1, 0.15) is 21.5 Å². The maximum atomic E-state index is 13.0. The lowest BCUT2D eigenvalue weighted by molar-refractivity contribution is -0.137. The van der Waals surface area contributed by atoms with Gasteiger partial charge in [-0.1, -0.05) is 6.07 Å². The molecule has 0 aliphatic heterocycles. The van der Waals surface area contributed by atoms with Crippen LogP contribution in [0.15, 0.2) is 36.4 Å². The number of carbonyl (C=O) groups is 1. The van der Waals surface area contributed by atoms with Crippen LogP contribution in [0.5, 0.6) is 0 Å². The zero-order valence-electron chi connectivity index (χ0n) is 12.8. The van der Waals surface area contributed by atoms with Gasteiger partial charge in [-0.25, -0.2) is 10.5 Å². The third kappa shape index (κ3) is 3.28. The number of amides is 1. The van der Waals surface area contributed by atoms with Gasteiger partial charge in [0.2, 0.25) is 5.95 Å². The van der Waals surface area contributed by atoms with E-state index in [2.05, 4.69) is 15.3 Å². The molecule has 1 aromatic heterocycles. The smallest absolute Gasteiger partial charge is 0.326 e. The van der Waals surface area contributed by atoms with Gasteiger partial charge < -0.3 is 10.3 Å². The van der Waals surface area contributed by atoms with E-state index in [1.54, 1.807) is 12.1 Å². The van der Waals surface area contributed by atoms with Crippen LogP contribution < -0.4 is 10.8 Å². The van der Waals surface area contributed by atoms with E-state index < -0.39 is 23.2 Å². The van der Waals surface area contributed by atoms with Crippen molar-refractivity contribution in [2.75, 3.05) is 5.32 Å². The molecule has 132 valence electrons. The number of aromatic nitrogens is 2. The van der Waals surface area contributed by atoms with Crippen molar-refractivity contribution >= 4 is 28.6 Å². The highest BCUT2D eigenvalue weighted by atomic mass is 19.4. The Bertz CT molecular complexity index is 1040. The molecule has 7 nitrogen and oxygen atoms in total.